The van der Waals surface area contributed by atoms with Gasteiger partial charge in [-0.25, -0.2) is 0 Å². The van der Waals surface area contributed by atoms with Crippen LogP contribution in [0.25, 0.3) is 0 Å². The minimum absolute atomic E-state index is 0.197. The summed E-state index contributed by atoms with van der Waals surface area (Å²) in [6.07, 6.45) is 3.84. The first kappa shape index (κ1) is 6.83. The van der Waals surface area contributed by atoms with Crippen molar-refractivity contribution in [3.63, 3.8) is 0 Å². The number of rotatable bonds is 1. The first-order chi connectivity index (χ1) is 5.29. The summed E-state index contributed by atoms with van der Waals surface area (Å²) in [4.78, 5) is 23.7. The van der Waals surface area contributed by atoms with Crippen LogP contribution in [0.15, 0.2) is 0 Å². The van der Waals surface area contributed by atoms with E-state index in [2.05, 4.69) is 0 Å². The molecule has 60 valence electrons. The Balaban J connectivity index is 2.04. The molecule has 0 aromatic rings. The van der Waals surface area contributed by atoms with Crippen molar-refractivity contribution in [3.8, 4) is 0 Å². The van der Waals surface area contributed by atoms with E-state index in [1.165, 1.54) is 6.42 Å². The molecule has 0 atom stereocenters. The van der Waals surface area contributed by atoms with E-state index >= 15 is 0 Å². The predicted molar refractivity (Wildman–Crippen MR) is 39.0 cm³/mol. The van der Waals surface area contributed by atoms with Gasteiger partial charge in [-0.15, -0.1) is 0 Å². The standard InChI is InChI=1S/C8H11NO2/c10-7-4-5-9(8(7)11)6-2-1-3-6/h6H,1-5H2. The smallest absolute Gasteiger partial charge is 0.290 e. The summed E-state index contributed by atoms with van der Waals surface area (Å²) in [5.74, 6) is -0.438. The highest BCUT2D eigenvalue weighted by Gasteiger charge is 2.36. The molecule has 1 aliphatic carbocycles. The lowest BCUT2D eigenvalue weighted by atomic mass is 9.92. The minimum Gasteiger partial charge on any atom is -0.333 e. The Bertz CT molecular complexity index is 208. The molecule has 3 heteroatoms. The van der Waals surface area contributed by atoms with Gasteiger partial charge in [0.05, 0.1) is 0 Å². The Kier molecular flexibility index (Phi) is 1.44. The number of hydrogen-bond acceptors (Lipinski definition) is 2. The van der Waals surface area contributed by atoms with Gasteiger partial charge in [-0.1, -0.05) is 0 Å². The number of Topliss-reactive ketones (excluding diaryl/α,β-unsaturated/α-hetero) is 1. The number of carbonyl (C=O) groups excluding carboxylic acids is 2. The fourth-order valence-corrected chi connectivity index (χ4v) is 1.64. The fourth-order valence-electron chi connectivity index (χ4n) is 1.64. The SMILES string of the molecule is O=C1CCN(C2CCC2)C1=O. The van der Waals surface area contributed by atoms with Gasteiger partial charge in [0.25, 0.3) is 5.91 Å². The Labute approximate surface area is 65.4 Å². The average molecular weight is 153 g/mol. The Morgan fingerprint density at radius 3 is 2.36 bits per heavy atom. The van der Waals surface area contributed by atoms with Crippen LogP contribution in [-0.4, -0.2) is 29.2 Å². The molecule has 2 aliphatic rings. The summed E-state index contributed by atoms with van der Waals surface area (Å²) in [5, 5.41) is 0. The molecule has 2 rings (SSSR count). The van der Waals surface area contributed by atoms with Gasteiger partial charge >= 0.3 is 0 Å². The number of hydrogen-bond donors (Lipinski definition) is 0. The van der Waals surface area contributed by atoms with Crippen molar-refractivity contribution in [1.82, 2.24) is 4.90 Å². The number of likely N-dealkylation sites (tertiary alicyclic amines) is 1. The molecule has 0 aromatic carbocycles. The topological polar surface area (TPSA) is 37.4 Å². The monoisotopic (exact) mass is 153 g/mol. The molecule has 0 aromatic heterocycles. The highest BCUT2D eigenvalue weighted by Crippen LogP contribution is 2.27. The Hall–Kier alpha value is -0.860. The first-order valence-corrected chi connectivity index (χ1v) is 4.13. The zero-order valence-corrected chi connectivity index (χ0v) is 6.38. The highest BCUT2D eigenvalue weighted by molar-refractivity contribution is 6.37. The molecule has 0 unspecified atom stereocenters. The molecule has 0 radical (unpaired) electrons. The Morgan fingerprint density at radius 2 is 2.00 bits per heavy atom. The van der Waals surface area contributed by atoms with Crippen molar-refractivity contribution < 1.29 is 9.59 Å². The van der Waals surface area contributed by atoms with Crippen LogP contribution in [0.3, 0.4) is 0 Å². The molecule has 1 amide bonds. The van der Waals surface area contributed by atoms with Crippen LogP contribution in [0.4, 0.5) is 0 Å². The summed E-state index contributed by atoms with van der Waals surface area (Å²) in [5.41, 5.74) is 0. The van der Waals surface area contributed by atoms with Gasteiger partial charge in [0.15, 0.2) is 0 Å². The lowest BCUT2D eigenvalue weighted by Crippen LogP contribution is -2.41. The maximum atomic E-state index is 11.1. The van der Waals surface area contributed by atoms with E-state index < -0.39 is 0 Å². The van der Waals surface area contributed by atoms with Crippen molar-refractivity contribution >= 4 is 11.7 Å². The molecule has 3 nitrogen and oxygen atoms in total. The van der Waals surface area contributed by atoms with Crippen molar-refractivity contribution in [1.29, 1.82) is 0 Å². The van der Waals surface area contributed by atoms with Crippen LogP contribution in [0.1, 0.15) is 25.7 Å². The second-order valence-electron chi connectivity index (χ2n) is 3.26. The highest BCUT2D eigenvalue weighted by atomic mass is 16.2. The van der Waals surface area contributed by atoms with Crippen LogP contribution >= 0.6 is 0 Å². The number of ketones is 1. The summed E-state index contributed by atoms with van der Waals surface area (Å²) < 4.78 is 0. The predicted octanol–water partition coefficient (Wildman–Crippen LogP) is 0.340. The van der Waals surface area contributed by atoms with Gasteiger partial charge < -0.3 is 4.90 Å². The van der Waals surface area contributed by atoms with E-state index in [9.17, 15) is 9.59 Å². The maximum Gasteiger partial charge on any atom is 0.290 e. The van der Waals surface area contributed by atoms with Gasteiger partial charge in [-0.3, -0.25) is 9.59 Å². The van der Waals surface area contributed by atoms with E-state index in [1.807, 2.05) is 0 Å². The second kappa shape index (κ2) is 2.32. The summed E-state index contributed by atoms with van der Waals surface area (Å²) in [6, 6.07) is 0.397. The molecule has 1 heterocycles. The molecular formula is C8H11NO2. The van der Waals surface area contributed by atoms with Crippen LogP contribution in [-0.2, 0) is 9.59 Å². The molecule has 0 N–H and O–H groups in total. The quantitative estimate of drug-likeness (QED) is 0.509. The van der Waals surface area contributed by atoms with Crippen molar-refractivity contribution in [2.75, 3.05) is 6.54 Å². The zero-order valence-electron chi connectivity index (χ0n) is 6.38. The zero-order chi connectivity index (χ0) is 7.84. The minimum atomic E-state index is -0.241. The molecule has 0 spiro atoms. The molecule has 2 fully saturated rings. The molecule has 11 heavy (non-hydrogen) atoms. The first-order valence-electron chi connectivity index (χ1n) is 4.13. The summed E-state index contributed by atoms with van der Waals surface area (Å²) in [6.45, 7) is 0.669. The van der Waals surface area contributed by atoms with Gasteiger partial charge in [-0.2, -0.15) is 0 Å². The van der Waals surface area contributed by atoms with Crippen molar-refractivity contribution in [3.05, 3.63) is 0 Å². The van der Waals surface area contributed by atoms with Crippen LogP contribution in [0.5, 0.6) is 0 Å². The number of nitrogens with zero attached hydrogens (tertiary/aromatic N) is 1. The molecular weight excluding hydrogens is 142 g/mol. The Morgan fingerprint density at radius 1 is 1.27 bits per heavy atom. The third kappa shape index (κ3) is 0.951. The molecule has 1 saturated carbocycles. The lowest BCUT2D eigenvalue weighted by Gasteiger charge is -2.33. The van der Waals surface area contributed by atoms with Crippen LogP contribution in [0.2, 0.25) is 0 Å². The molecule has 1 aliphatic heterocycles. The normalized spacial score (nSPS) is 26.0. The second-order valence-corrected chi connectivity index (χ2v) is 3.26. The van der Waals surface area contributed by atoms with E-state index in [0.29, 0.717) is 19.0 Å². The third-order valence-electron chi connectivity index (χ3n) is 2.59. The van der Waals surface area contributed by atoms with E-state index in [0.717, 1.165) is 12.8 Å². The van der Waals surface area contributed by atoms with Gasteiger partial charge in [0.2, 0.25) is 5.78 Å². The van der Waals surface area contributed by atoms with E-state index in [4.69, 9.17) is 0 Å². The fraction of sp³-hybridized carbons (Fsp3) is 0.750. The maximum absolute atomic E-state index is 11.1. The van der Waals surface area contributed by atoms with Gasteiger partial charge in [0, 0.05) is 19.0 Å². The summed E-state index contributed by atoms with van der Waals surface area (Å²) >= 11 is 0. The number of amides is 1. The molecule has 1 saturated heterocycles. The summed E-state index contributed by atoms with van der Waals surface area (Å²) in [7, 11) is 0. The van der Waals surface area contributed by atoms with Gasteiger partial charge in [0.1, 0.15) is 0 Å². The lowest BCUT2D eigenvalue weighted by molar-refractivity contribution is -0.142. The van der Waals surface area contributed by atoms with Gasteiger partial charge in [-0.05, 0) is 19.3 Å². The largest absolute Gasteiger partial charge is 0.333 e. The average Bonchev–Trinajstić information content (AvgIpc) is 2.15. The van der Waals surface area contributed by atoms with Crippen molar-refractivity contribution in [2.24, 2.45) is 0 Å². The number of carbonyl (C=O) groups is 2. The van der Waals surface area contributed by atoms with E-state index in [-0.39, 0.29) is 11.7 Å². The van der Waals surface area contributed by atoms with Crippen LogP contribution in [0, 0.1) is 0 Å². The van der Waals surface area contributed by atoms with Crippen LogP contribution < -0.4 is 0 Å². The third-order valence-corrected chi connectivity index (χ3v) is 2.59. The molecule has 0 bridgehead atoms. The van der Waals surface area contributed by atoms with Crippen molar-refractivity contribution in [2.45, 2.75) is 31.7 Å². The van der Waals surface area contributed by atoms with E-state index in [1.54, 1.807) is 4.90 Å².